The molecular weight excluding hydrogens is 421 g/mol. The molecule has 33 heavy (non-hydrogen) atoms. The lowest BCUT2D eigenvalue weighted by atomic mass is 9.83. The van der Waals surface area contributed by atoms with Crippen molar-refractivity contribution in [3.05, 3.63) is 77.6 Å². The van der Waals surface area contributed by atoms with Crippen LogP contribution in [-0.4, -0.2) is 6.61 Å². The fraction of sp³-hybridized carbons (Fsp3) is 0.310. The molecule has 0 saturated heterocycles. The van der Waals surface area contributed by atoms with Crippen LogP contribution in [-0.2, 0) is 0 Å². The van der Waals surface area contributed by atoms with Gasteiger partial charge in [-0.3, -0.25) is 0 Å². The van der Waals surface area contributed by atoms with Crippen LogP contribution in [0.1, 0.15) is 45.1 Å². The second-order valence-electron chi connectivity index (χ2n) is 8.67. The SMILES string of the molecule is CCOc1ccc(-c2ccc(-c3ccc(C#CC4CCC(C)CC4)c(F)c3)cc2)c(F)c1F. The van der Waals surface area contributed by atoms with Gasteiger partial charge in [-0.25, -0.2) is 8.78 Å². The normalized spacial score (nSPS) is 17.8. The van der Waals surface area contributed by atoms with E-state index in [1.54, 1.807) is 37.3 Å². The van der Waals surface area contributed by atoms with Crippen molar-refractivity contribution in [2.45, 2.75) is 39.5 Å². The Morgan fingerprint density at radius 2 is 1.48 bits per heavy atom. The average molecular weight is 449 g/mol. The monoisotopic (exact) mass is 448 g/mol. The number of benzene rings is 3. The topological polar surface area (TPSA) is 9.23 Å². The van der Waals surface area contributed by atoms with Gasteiger partial charge in [0.05, 0.1) is 12.2 Å². The molecule has 0 aromatic heterocycles. The highest BCUT2D eigenvalue weighted by molar-refractivity contribution is 5.71. The maximum Gasteiger partial charge on any atom is 0.201 e. The molecule has 0 amide bonds. The summed E-state index contributed by atoms with van der Waals surface area (Å²) in [6, 6.07) is 14.9. The minimum Gasteiger partial charge on any atom is -0.491 e. The molecule has 0 radical (unpaired) electrons. The Morgan fingerprint density at radius 3 is 2.15 bits per heavy atom. The molecular formula is C29H27F3O. The molecule has 0 atom stereocenters. The maximum atomic E-state index is 14.7. The van der Waals surface area contributed by atoms with Crippen molar-refractivity contribution in [1.82, 2.24) is 0 Å². The average Bonchev–Trinajstić information content (AvgIpc) is 2.83. The van der Waals surface area contributed by atoms with E-state index in [9.17, 15) is 13.2 Å². The third-order valence-electron chi connectivity index (χ3n) is 6.27. The quantitative estimate of drug-likeness (QED) is 0.367. The highest BCUT2D eigenvalue weighted by Crippen LogP contribution is 2.32. The van der Waals surface area contributed by atoms with E-state index in [-0.39, 0.29) is 23.7 Å². The van der Waals surface area contributed by atoms with Crippen molar-refractivity contribution in [3.63, 3.8) is 0 Å². The van der Waals surface area contributed by atoms with Gasteiger partial charge in [0, 0.05) is 11.5 Å². The van der Waals surface area contributed by atoms with Gasteiger partial charge in [-0.15, -0.1) is 0 Å². The third kappa shape index (κ3) is 5.25. The summed E-state index contributed by atoms with van der Waals surface area (Å²) in [5.41, 5.74) is 2.57. The number of hydrogen-bond donors (Lipinski definition) is 0. The van der Waals surface area contributed by atoms with Gasteiger partial charge in [-0.1, -0.05) is 49.1 Å². The van der Waals surface area contributed by atoms with E-state index < -0.39 is 11.6 Å². The summed E-state index contributed by atoms with van der Waals surface area (Å²) in [5.74, 6) is 4.96. The molecule has 1 saturated carbocycles. The summed E-state index contributed by atoms with van der Waals surface area (Å²) in [6.07, 6.45) is 4.53. The standard InChI is InChI=1S/C29H27F3O/c1-3-33-27-17-16-25(28(31)29(27)32)22-12-10-21(11-13-22)24-15-14-23(26(30)18-24)9-8-20-6-4-19(2)5-7-20/h10-20H,3-7H2,1-2H3. The van der Waals surface area contributed by atoms with Crippen molar-refractivity contribution >= 4 is 0 Å². The van der Waals surface area contributed by atoms with E-state index in [0.29, 0.717) is 22.6 Å². The third-order valence-corrected chi connectivity index (χ3v) is 6.27. The van der Waals surface area contributed by atoms with Crippen LogP contribution >= 0.6 is 0 Å². The van der Waals surface area contributed by atoms with E-state index in [1.807, 2.05) is 6.07 Å². The minimum absolute atomic E-state index is 0.105. The van der Waals surface area contributed by atoms with Crippen LogP contribution in [0, 0.1) is 41.1 Å². The summed E-state index contributed by atoms with van der Waals surface area (Å²) in [6.45, 7) is 4.23. The van der Waals surface area contributed by atoms with Gasteiger partial charge < -0.3 is 4.74 Å². The summed E-state index contributed by atoms with van der Waals surface area (Å²) >= 11 is 0. The summed E-state index contributed by atoms with van der Waals surface area (Å²) in [5, 5.41) is 0. The fourth-order valence-electron chi connectivity index (χ4n) is 4.24. The maximum absolute atomic E-state index is 14.7. The second kappa shape index (κ2) is 10.2. The molecule has 0 spiro atoms. The predicted molar refractivity (Wildman–Crippen MR) is 126 cm³/mol. The Labute approximate surface area is 193 Å². The lowest BCUT2D eigenvalue weighted by molar-refractivity contribution is 0.314. The molecule has 3 aromatic carbocycles. The molecule has 1 aliphatic carbocycles. The number of ether oxygens (including phenoxy) is 1. The van der Waals surface area contributed by atoms with Gasteiger partial charge in [-0.2, -0.15) is 4.39 Å². The summed E-state index contributed by atoms with van der Waals surface area (Å²) < 4.78 is 48.5. The van der Waals surface area contributed by atoms with Crippen molar-refractivity contribution in [1.29, 1.82) is 0 Å². The van der Waals surface area contributed by atoms with Crippen LogP contribution in [0.4, 0.5) is 13.2 Å². The van der Waals surface area contributed by atoms with Gasteiger partial charge >= 0.3 is 0 Å². The molecule has 1 fully saturated rings. The molecule has 1 nitrogen and oxygen atoms in total. The fourth-order valence-corrected chi connectivity index (χ4v) is 4.24. The lowest BCUT2D eigenvalue weighted by Gasteiger charge is -2.21. The zero-order chi connectivity index (χ0) is 23.4. The molecule has 3 aromatic rings. The molecule has 0 unspecified atom stereocenters. The van der Waals surface area contributed by atoms with Crippen LogP contribution in [0.3, 0.4) is 0 Å². The van der Waals surface area contributed by atoms with E-state index in [2.05, 4.69) is 18.8 Å². The second-order valence-corrected chi connectivity index (χ2v) is 8.67. The van der Waals surface area contributed by atoms with Crippen molar-refractivity contribution in [2.24, 2.45) is 11.8 Å². The Bertz CT molecular complexity index is 1180. The number of hydrogen-bond acceptors (Lipinski definition) is 1. The highest BCUT2D eigenvalue weighted by Gasteiger charge is 2.17. The largest absolute Gasteiger partial charge is 0.491 e. The smallest absolute Gasteiger partial charge is 0.201 e. The summed E-state index contributed by atoms with van der Waals surface area (Å²) in [7, 11) is 0. The predicted octanol–water partition coefficient (Wildman–Crippen LogP) is 8.01. The van der Waals surface area contributed by atoms with Gasteiger partial charge in [0.25, 0.3) is 0 Å². The van der Waals surface area contributed by atoms with E-state index in [1.165, 1.54) is 31.0 Å². The Hall–Kier alpha value is -3.19. The first-order chi connectivity index (χ1) is 16.0. The van der Waals surface area contributed by atoms with Crippen molar-refractivity contribution in [2.75, 3.05) is 6.61 Å². The Kier molecular flexibility index (Phi) is 7.08. The van der Waals surface area contributed by atoms with Crippen LogP contribution in [0.2, 0.25) is 0 Å². The molecule has 0 aliphatic heterocycles. The zero-order valence-electron chi connectivity index (χ0n) is 18.9. The van der Waals surface area contributed by atoms with Crippen LogP contribution < -0.4 is 4.74 Å². The first kappa shape index (κ1) is 23.0. The Balaban J connectivity index is 1.52. The lowest BCUT2D eigenvalue weighted by Crippen LogP contribution is -2.10. The zero-order valence-corrected chi connectivity index (χ0v) is 18.9. The van der Waals surface area contributed by atoms with Gasteiger partial charge in [0.2, 0.25) is 5.82 Å². The number of rotatable bonds is 4. The molecule has 0 heterocycles. The van der Waals surface area contributed by atoms with Crippen molar-refractivity contribution < 1.29 is 17.9 Å². The molecule has 0 N–H and O–H groups in total. The molecule has 1 aliphatic rings. The first-order valence-electron chi connectivity index (χ1n) is 11.5. The van der Waals surface area contributed by atoms with E-state index in [4.69, 9.17) is 4.74 Å². The van der Waals surface area contributed by atoms with Gasteiger partial charge in [-0.05, 0) is 79.5 Å². The molecule has 0 bridgehead atoms. The molecule has 4 rings (SSSR count). The van der Waals surface area contributed by atoms with Crippen LogP contribution in [0.25, 0.3) is 22.3 Å². The van der Waals surface area contributed by atoms with Crippen LogP contribution in [0.5, 0.6) is 5.75 Å². The van der Waals surface area contributed by atoms with Crippen LogP contribution in [0.15, 0.2) is 54.6 Å². The number of halogens is 3. The Morgan fingerprint density at radius 1 is 0.818 bits per heavy atom. The first-order valence-corrected chi connectivity index (χ1v) is 11.5. The molecule has 4 heteroatoms. The molecule has 170 valence electrons. The van der Waals surface area contributed by atoms with Crippen molar-refractivity contribution in [3.8, 4) is 39.8 Å². The highest BCUT2D eigenvalue weighted by atomic mass is 19.2. The van der Waals surface area contributed by atoms with Gasteiger partial charge in [0.1, 0.15) is 5.82 Å². The summed E-state index contributed by atoms with van der Waals surface area (Å²) in [4.78, 5) is 0. The van der Waals surface area contributed by atoms with Gasteiger partial charge in [0.15, 0.2) is 11.6 Å². The van der Waals surface area contributed by atoms with E-state index in [0.717, 1.165) is 24.3 Å². The van der Waals surface area contributed by atoms with E-state index >= 15 is 0 Å². The minimum atomic E-state index is -1.00.